The topological polar surface area (TPSA) is 82.3 Å². The van der Waals surface area contributed by atoms with Crippen molar-refractivity contribution in [2.24, 2.45) is 0 Å². The summed E-state index contributed by atoms with van der Waals surface area (Å²) in [6.07, 6.45) is 1.27. The molecule has 0 saturated heterocycles. The Morgan fingerprint density at radius 1 is 1.24 bits per heavy atom. The van der Waals surface area contributed by atoms with E-state index >= 15 is 0 Å². The molecule has 1 atom stereocenters. The van der Waals surface area contributed by atoms with E-state index in [1.165, 1.54) is 0 Å². The van der Waals surface area contributed by atoms with Crippen molar-refractivity contribution in [3.63, 3.8) is 0 Å². The van der Waals surface area contributed by atoms with Gasteiger partial charge in [-0.2, -0.15) is 4.98 Å². The first-order valence-corrected chi connectivity index (χ1v) is 8.92. The summed E-state index contributed by atoms with van der Waals surface area (Å²) in [4.78, 5) is 9.10. The van der Waals surface area contributed by atoms with Gasteiger partial charge in [-0.1, -0.05) is 5.16 Å². The molecule has 2 aromatic heterocycles. The maximum atomic E-state index is 5.42. The fourth-order valence-electron chi connectivity index (χ4n) is 2.53. The Balaban J connectivity index is 1.46. The minimum Gasteiger partial charge on any atom is -0.454 e. The van der Waals surface area contributed by atoms with Gasteiger partial charge in [0, 0.05) is 23.4 Å². The molecule has 1 aliphatic rings. The number of rotatable bonds is 6. The predicted octanol–water partition coefficient (Wildman–Crippen LogP) is 2.66. The van der Waals surface area contributed by atoms with Gasteiger partial charge in [-0.25, -0.2) is 4.98 Å². The third-order valence-electron chi connectivity index (χ3n) is 4.00. The second-order valence-corrected chi connectivity index (χ2v) is 6.75. The van der Waals surface area contributed by atoms with Crippen molar-refractivity contribution in [3.8, 4) is 22.1 Å². The molecule has 130 valence electrons. The normalized spacial score (nSPS) is 14.0. The van der Waals surface area contributed by atoms with Crippen molar-refractivity contribution in [1.82, 2.24) is 20.4 Å². The lowest BCUT2D eigenvalue weighted by Crippen LogP contribution is -2.24. The highest BCUT2D eigenvalue weighted by molar-refractivity contribution is 7.13. The number of likely N-dealkylation sites (N-methyl/N-ethyl adjacent to an activating group) is 1. The second-order valence-electron chi connectivity index (χ2n) is 5.89. The van der Waals surface area contributed by atoms with Crippen molar-refractivity contribution in [3.05, 3.63) is 41.0 Å². The molecule has 1 aromatic carbocycles. The van der Waals surface area contributed by atoms with Crippen LogP contribution in [-0.4, -0.2) is 35.0 Å². The van der Waals surface area contributed by atoms with Crippen molar-refractivity contribution >= 4 is 11.3 Å². The zero-order valence-corrected chi connectivity index (χ0v) is 14.8. The quantitative estimate of drug-likeness (QED) is 0.725. The lowest BCUT2D eigenvalue weighted by atomic mass is 10.2. The van der Waals surface area contributed by atoms with Crippen LogP contribution in [0.4, 0.5) is 0 Å². The highest BCUT2D eigenvalue weighted by Gasteiger charge is 2.16. The smallest absolute Gasteiger partial charge is 0.232 e. The number of thiazole rings is 1. The van der Waals surface area contributed by atoms with Gasteiger partial charge in [-0.15, -0.1) is 11.3 Å². The fraction of sp³-hybridized carbons (Fsp3) is 0.353. The van der Waals surface area contributed by atoms with Crippen LogP contribution in [0.2, 0.25) is 0 Å². The maximum absolute atomic E-state index is 5.42. The molecule has 25 heavy (non-hydrogen) atoms. The standard InChI is InChI=1S/C17H18N4O3S/c1-10(18-2)5-15-20-16(24-21-15)7-12-8-25-17(19-12)11-3-4-13-14(6-11)23-9-22-13/h3-4,6,8,10,18H,5,7,9H2,1-2H3. The number of fused-ring (bicyclic) bond motifs is 1. The molecule has 1 aliphatic heterocycles. The molecular formula is C17H18N4O3S. The lowest BCUT2D eigenvalue weighted by Gasteiger charge is -2.04. The van der Waals surface area contributed by atoms with E-state index in [9.17, 15) is 0 Å². The SMILES string of the molecule is CNC(C)Cc1noc(Cc2csc(-c3ccc4c(c3)OCO4)n2)n1. The van der Waals surface area contributed by atoms with E-state index in [2.05, 4.69) is 27.4 Å². The van der Waals surface area contributed by atoms with Gasteiger partial charge in [0.1, 0.15) is 5.01 Å². The Bertz CT molecular complexity index is 876. The van der Waals surface area contributed by atoms with Crippen LogP contribution >= 0.6 is 11.3 Å². The molecule has 0 spiro atoms. The Morgan fingerprint density at radius 3 is 3.00 bits per heavy atom. The third kappa shape index (κ3) is 3.49. The number of hydrogen-bond acceptors (Lipinski definition) is 8. The molecule has 3 heterocycles. The van der Waals surface area contributed by atoms with Crippen LogP contribution in [-0.2, 0) is 12.8 Å². The van der Waals surface area contributed by atoms with Crippen molar-refractivity contribution < 1.29 is 14.0 Å². The van der Waals surface area contributed by atoms with E-state index in [1.807, 2.05) is 30.6 Å². The summed E-state index contributed by atoms with van der Waals surface area (Å²) < 4.78 is 16.1. The molecule has 3 aromatic rings. The van der Waals surface area contributed by atoms with Crippen molar-refractivity contribution in [1.29, 1.82) is 0 Å². The summed E-state index contributed by atoms with van der Waals surface area (Å²) in [5.41, 5.74) is 1.92. The largest absolute Gasteiger partial charge is 0.454 e. The number of aromatic nitrogens is 3. The molecule has 7 nitrogen and oxygen atoms in total. The summed E-state index contributed by atoms with van der Waals surface area (Å²) in [7, 11) is 1.92. The van der Waals surface area contributed by atoms with E-state index < -0.39 is 0 Å². The van der Waals surface area contributed by atoms with E-state index in [-0.39, 0.29) is 6.79 Å². The van der Waals surface area contributed by atoms with E-state index in [1.54, 1.807) is 11.3 Å². The summed E-state index contributed by atoms with van der Waals surface area (Å²) in [5.74, 6) is 2.83. The molecule has 1 N–H and O–H groups in total. The lowest BCUT2D eigenvalue weighted by molar-refractivity contribution is 0.174. The first-order valence-electron chi connectivity index (χ1n) is 8.04. The summed E-state index contributed by atoms with van der Waals surface area (Å²) in [6, 6.07) is 6.16. The first-order chi connectivity index (χ1) is 12.2. The highest BCUT2D eigenvalue weighted by Crippen LogP contribution is 2.36. The van der Waals surface area contributed by atoms with Crippen LogP contribution in [0, 0.1) is 0 Å². The zero-order chi connectivity index (χ0) is 17.2. The van der Waals surface area contributed by atoms with Crippen LogP contribution in [0.15, 0.2) is 28.1 Å². The molecular weight excluding hydrogens is 340 g/mol. The Labute approximate surface area is 149 Å². The average molecular weight is 358 g/mol. The Kier molecular flexibility index (Phi) is 4.37. The Morgan fingerprint density at radius 2 is 2.12 bits per heavy atom. The molecule has 0 saturated carbocycles. The van der Waals surface area contributed by atoms with Crippen LogP contribution < -0.4 is 14.8 Å². The summed E-state index contributed by atoms with van der Waals surface area (Å²) in [5, 5.41) is 10.1. The minimum absolute atomic E-state index is 0.271. The van der Waals surface area contributed by atoms with Gasteiger partial charge in [0.2, 0.25) is 12.7 Å². The monoisotopic (exact) mass is 358 g/mol. The van der Waals surface area contributed by atoms with E-state index in [4.69, 9.17) is 14.0 Å². The number of nitrogens with zero attached hydrogens (tertiary/aromatic N) is 3. The maximum Gasteiger partial charge on any atom is 0.232 e. The molecule has 8 heteroatoms. The zero-order valence-electron chi connectivity index (χ0n) is 14.0. The van der Waals surface area contributed by atoms with Crippen LogP contribution in [0.25, 0.3) is 10.6 Å². The van der Waals surface area contributed by atoms with Crippen LogP contribution in [0.5, 0.6) is 11.5 Å². The van der Waals surface area contributed by atoms with Gasteiger partial charge in [-0.05, 0) is 32.2 Å². The van der Waals surface area contributed by atoms with Gasteiger partial charge in [0.05, 0.1) is 12.1 Å². The second kappa shape index (κ2) is 6.81. The van der Waals surface area contributed by atoms with E-state index in [0.29, 0.717) is 24.2 Å². The van der Waals surface area contributed by atoms with Gasteiger partial charge in [0.15, 0.2) is 17.3 Å². The molecule has 0 aliphatic carbocycles. The van der Waals surface area contributed by atoms with Gasteiger partial charge in [0.25, 0.3) is 0 Å². The molecule has 0 radical (unpaired) electrons. The Hall–Kier alpha value is -2.45. The number of hydrogen-bond donors (Lipinski definition) is 1. The van der Waals surface area contributed by atoms with Crippen LogP contribution in [0.1, 0.15) is 24.3 Å². The summed E-state index contributed by atoms with van der Waals surface area (Å²) in [6.45, 7) is 2.35. The minimum atomic E-state index is 0.271. The number of benzene rings is 1. The third-order valence-corrected chi connectivity index (χ3v) is 4.94. The van der Waals surface area contributed by atoms with Gasteiger partial charge in [-0.3, -0.25) is 0 Å². The van der Waals surface area contributed by atoms with Crippen molar-refractivity contribution in [2.75, 3.05) is 13.8 Å². The molecule has 0 fully saturated rings. The summed E-state index contributed by atoms with van der Waals surface area (Å²) >= 11 is 1.58. The fourth-order valence-corrected chi connectivity index (χ4v) is 3.34. The van der Waals surface area contributed by atoms with E-state index in [0.717, 1.165) is 34.2 Å². The first kappa shape index (κ1) is 16.0. The molecule has 1 unspecified atom stereocenters. The van der Waals surface area contributed by atoms with Gasteiger partial charge >= 0.3 is 0 Å². The number of ether oxygens (including phenoxy) is 2. The number of nitrogens with one attached hydrogen (secondary N) is 1. The highest BCUT2D eigenvalue weighted by atomic mass is 32.1. The molecule has 0 bridgehead atoms. The molecule has 0 amide bonds. The van der Waals surface area contributed by atoms with Crippen molar-refractivity contribution in [2.45, 2.75) is 25.8 Å². The predicted molar refractivity (Wildman–Crippen MR) is 93.0 cm³/mol. The van der Waals surface area contributed by atoms with Crippen LogP contribution in [0.3, 0.4) is 0 Å². The average Bonchev–Trinajstić information content (AvgIpc) is 3.35. The molecule has 4 rings (SSSR count). The van der Waals surface area contributed by atoms with Gasteiger partial charge < -0.3 is 19.3 Å².